The minimum atomic E-state index is -0.670. The molecule has 0 spiro atoms. The summed E-state index contributed by atoms with van der Waals surface area (Å²) in [6.07, 6.45) is 0. The Morgan fingerprint density at radius 1 is 1.44 bits per heavy atom. The second kappa shape index (κ2) is 7.58. The van der Waals surface area contributed by atoms with E-state index in [1.807, 2.05) is 20.8 Å². The van der Waals surface area contributed by atoms with E-state index in [0.29, 0.717) is 22.2 Å². The zero-order chi connectivity index (χ0) is 18.8. The summed E-state index contributed by atoms with van der Waals surface area (Å²) in [5.41, 5.74) is -0.563. The van der Waals surface area contributed by atoms with Crippen molar-refractivity contribution in [3.05, 3.63) is 34.6 Å². The van der Waals surface area contributed by atoms with E-state index in [2.05, 4.69) is 10.0 Å². The van der Waals surface area contributed by atoms with Gasteiger partial charge in [-0.05, 0) is 29.5 Å². The van der Waals surface area contributed by atoms with Crippen LogP contribution < -0.4 is 14.8 Å². The molecule has 1 unspecified atom stereocenters. The Kier molecular flexibility index (Phi) is 5.90. The third kappa shape index (κ3) is 4.22. The summed E-state index contributed by atoms with van der Waals surface area (Å²) in [5, 5.41) is 13.5. The van der Waals surface area contributed by atoms with Gasteiger partial charge in [0.2, 0.25) is 0 Å². The zero-order valence-corrected chi connectivity index (χ0v) is 16.0. The fourth-order valence-corrected chi connectivity index (χ4v) is 3.57. The van der Waals surface area contributed by atoms with Crippen molar-refractivity contribution in [1.82, 2.24) is 10.0 Å². The number of aliphatic hydroxyl groups is 1. The van der Waals surface area contributed by atoms with Crippen LogP contribution in [0.15, 0.2) is 34.4 Å². The summed E-state index contributed by atoms with van der Waals surface area (Å²) >= 11 is 7.01. The molecule has 0 aliphatic carbocycles. The Labute approximate surface area is 156 Å². The fraction of sp³-hybridized carbons (Fsp3) is 0.412. The maximum atomic E-state index is 12.5. The van der Waals surface area contributed by atoms with Crippen LogP contribution in [-0.4, -0.2) is 30.6 Å². The molecule has 1 aliphatic rings. The average molecular weight is 385 g/mol. The molecule has 6 nitrogen and oxygen atoms in total. The predicted molar refractivity (Wildman–Crippen MR) is 97.6 cm³/mol. The average Bonchev–Trinajstić information content (AvgIpc) is 2.51. The molecule has 136 valence electrons. The number of halogens is 1. The number of hydrogen-bond donors (Lipinski definition) is 3. The van der Waals surface area contributed by atoms with Gasteiger partial charge in [-0.15, -0.1) is 0 Å². The molecule has 0 aromatic heterocycles. The molecule has 1 aromatic carbocycles. The molecule has 3 N–H and O–H groups in total. The topological polar surface area (TPSA) is 87.7 Å². The van der Waals surface area contributed by atoms with Crippen molar-refractivity contribution in [2.45, 2.75) is 25.7 Å². The summed E-state index contributed by atoms with van der Waals surface area (Å²) in [5.74, 6) is -1.36. The standard InChI is InChI=1S/C17H21ClN2O4S/c1-17(2,3)9-8-19-15(22)12(13(9)21)16(23)20-25-11-7-5-6-10(18)14(11)24-4/h5-7,9,21H,8H2,1-4H3,(H,19,22)(H,20,23). The number of aliphatic hydroxyl groups excluding tert-OH is 1. The van der Waals surface area contributed by atoms with Gasteiger partial charge >= 0.3 is 0 Å². The van der Waals surface area contributed by atoms with E-state index in [0.717, 1.165) is 11.9 Å². The Bertz CT molecular complexity index is 728. The summed E-state index contributed by atoms with van der Waals surface area (Å²) in [4.78, 5) is 25.1. The van der Waals surface area contributed by atoms with Crippen molar-refractivity contribution in [1.29, 1.82) is 0 Å². The first-order valence-electron chi connectivity index (χ1n) is 7.67. The number of benzene rings is 1. The van der Waals surface area contributed by atoms with Crippen LogP contribution in [0.4, 0.5) is 0 Å². The fourth-order valence-electron chi connectivity index (χ4n) is 2.53. The number of rotatable bonds is 4. The Morgan fingerprint density at radius 2 is 2.12 bits per heavy atom. The number of ether oxygens (including phenoxy) is 1. The lowest BCUT2D eigenvalue weighted by molar-refractivity contribution is -0.124. The highest BCUT2D eigenvalue weighted by Gasteiger charge is 2.38. The SMILES string of the molecule is COc1c(Cl)cccc1SNC(=O)C1=C(O)C(C(C)(C)C)CNC1=O. The van der Waals surface area contributed by atoms with E-state index in [1.165, 1.54) is 7.11 Å². The first-order valence-corrected chi connectivity index (χ1v) is 8.87. The minimum Gasteiger partial charge on any atom is -0.511 e. The lowest BCUT2D eigenvalue weighted by atomic mass is 9.77. The number of methoxy groups -OCH3 is 1. The molecule has 0 radical (unpaired) electrons. The van der Waals surface area contributed by atoms with Gasteiger partial charge < -0.3 is 15.2 Å². The monoisotopic (exact) mass is 384 g/mol. The van der Waals surface area contributed by atoms with E-state index in [-0.39, 0.29) is 22.7 Å². The molecule has 1 atom stereocenters. The van der Waals surface area contributed by atoms with Crippen LogP contribution in [0.1, 0.15) is 20.8 Å². The van der Waals surface area contributed by atoms with Crippen LogP contribution in [-0.2, 0) is 9.59 Å². The predicted octanol–water partition coefficient (Wildman–Crippen LogP) is 3.08. The lowest BCUT2D eigenvalue weighted by Crippen LogP contribution is -2.45. The molecule has 0 fully saturated rings. The number of carbonyl (C=O) groups excluding carboxylic acids is 2. The van der Waals surface area contributed by atoms with Gasteiger partial charge in [-0.3, -0.25) is 14.3 Å². The van der Waals surface area contributed by atoms with Crippen molar-refractivity contribution < 1.29 is 19.4 Å². The highest BCUT2D eigenvalue weighted by molar-refractivity contribution is 7.98. The maximum Gasteiger partial charge on any atom is 0.270 e. The van der Waals surface area contributed by atoms with Crippen molar-refractivity contribution in [3.8, 4) is 5.75 Å². The van der Waals surface area contributed by atoms with Crippen LogP contribution in [0.3, 0.4) is 0 Å². The smallest absolute Gasteiger partial charge is 0.270 e. The van der Waals surface area contributed by atoms with Gasteiger partial charge in [0.05, 0.1) is 17.0 Å². The highest BCUT2D eigenvalue weighted by atomic mass is 35.5. The molecule has 25 heavy (non-hydrogen) atoms. The summed E-state index contributed by atoms with van der Waals surface area (Å²) in [6.45, 7) is 6.10. The third-order valence-electron chi connectivity index (χ3n) is 3.94. The third-order valence-corrected chi connectivity index (χ3v) is 5.07. The maximum absolute atomic E-state index is 12.5. The highest BCUT2D eigenvalue weighted by Crippen LogP contribution is 2.36. The van der Waals surface area contributed by atoms with Crippen LogP contribution in [0.5, 0.6) is 5.75 Å². The number of para-hydroxylation sites is 1. The van der Waals surface area contributed by atoms with Gasteiger partial charge in [0.1, 0.15) is 11.3 Å². The van der Waals surface area contributed by atoms with Gasteiger partial charge in [-0.25, -0.2) is 0 Å². The van der Waals surface area contributed by atoms with E-state index in [9.17, 15) is 14.7 Å². The van der Waals surface area contributed by atoms with Crippen LogP contribution in [0.25, 0.3) is 0 Å². The number of amides is 2. The van der Waals surface area contributed by atoms with Crippen molar-refractivity contribution in [2.24, 2.45) is 11.3 Å². The molecule has 2 amide bonds. The second-order valence-electron chi connectivity index (χ2n) is 6.69. The Morgan fingerprint density at radius 3 is 2.72 bits per heavy atom. The number of nitrogens with one attached hydrogen (secondary N) is 2. The number of hydrogen-bond acceptors (Lipinski definition) is 5. The van der Waals surface area contributed by atoms with E-state index < -0.39 is 11.8 Å². The van der Waals surface area contributed by atoms with Crippen molar-refractivity contribution in [2.75, 3.05) is 13.7 Å². The van der Waals surface area contributed by atoms with Gasteiger partial charge in [0.25, 0.3) is 11.8 Å². The molecule has 8 heteroatoms. The molecule has 0 bridgehead atoms. The first kappa shape index (κ1) is 19.5. The quantitative estimate of drug-likeness (QED) is 0.548. The first-order chi connectivity index (χ1) is 11.7. The normalized spacial score (nSPS) is 18.0. The Balaban J connectivity index is 2.22. The number of carbonyl (C=O) groups is 2. The summed E-state index contributed by atoms with van der Waals surface area (Å²) in [7, 11) is 1.48. The van der Waals surface area contributed by atoms with Gasteiger partial charge in [-0.1, -0.05) is 38.4 Å². The van der Waals surface area contributed by atoms with E-state index >= 15 is 0 Å². The lowest BCUT2D eigenvalue weighted by Gasteiger charge is -2.34. The molecule has 1 heterocycles. The molecule has 1 aromatic rings. The molecular weight excluding hydrogens is 364 g/mol. The summed E-state index contributed by atoms with van der Waals surface area (Å²) in [6, 6.07) is 5.12. The largest absolute Gasteiger partial charge is 0.511 e. The second-order valence-corrected chi connectivity index (χ2v) is 7.95. The molecule has 2 rings (SSSR count). The van der Waals surface area contributed by atoms with Crippen molar-refractivity contribution in [3.63, 3.8) is 0 Å². The zero-order valence-electron chi connectivity index (χ0n) is 14.5. The van der Waals surface area contributed by atoms with Gasteiger partial charge in [0, 0.05) is 12.5 Å². The van der Waals surface area contributed by atoms with Gasteiger partial charge in [0.15, 0.2) is 5.75 Å². The van der Waals surface area contributed by atoms with Gasteiger partial charge in [-0.2, -0.15) is 0 Å². The molecule has 0 saturated heterocycles. The molecule has 0 saturated carbocycles. The minimum absolute atomic E-state index is 0.188. The van der Waals surface area contributed by atoms with Crippen LogP contribution in [0, 0.1) is 11.3 Å². The van der Waals surface area contributed by atoms with E-state index in [1.54, 1.807) is 18.2 Å². The van der Waals surface area contributed by atoms with Crippen LogP contribution >= 0.6 is 23.5 Å². The Hall–Kier alpha value is -1.86. The van der Waals surface area contributed by atoms with Crippen LogP contribution in [0.2, 0.25) is 5.02 Å². The molecule has 1 aliphatic heterocycles. The van der Waals surface area contributed by atoms with E-state index in [4.69, 9.17) is 16.3 Å². The van der Waals surface area contributed by atoms with Crippen molar-refractivity contribution >= 4 is 35.4 Å². The summed E-state index contributed by atoms with van der Waals surface area (Å²) < 4.78 is 7.78. The molecular formula is C17H21ClN2O4S.